The summed E-state index contributed by atoms with van der Waals surface area (Å²) in [4.78, 5) is -0.207. The van der Waals surface area contributed by atoms with E-state index in [0.29, 0.717) is 5.56 Å². The van der Waals surface area contributed by atoms with Gasteiger partial charge < -0.3 is 0 Å². The largest absolute Gasteiger partial charge is 0.294 e. The maximum Gasteiger partial charge on any atom is 0.294 e. The summed E-state index contributed by atoms with van der Waals surface area (Å²) in [5.74, 6) is 0. The molecule has 73 valence electrons. The van der Waals surface area contributed by atoms with Gasteiger partial charge in [-0.25, -0.2) is 0 Å². The normalized spacial score (nSPS) is 9.85. The summed E-state index contributed by atoms with van der Waals surface area (Å²) in [6, 6.07) is 6.82. The van der Waals surface area contributed by atoms with Gasteiger partial charge in [-0.1, -0.05) is 0 Å². The predicted molar refractivity (Wildman–Crippen MR) is 41.0 cm³/mol. The average Bonchev–Trinajstić information content (AvgIpc) is 2.03. The maximum atomic E-state index is 10.5. The number of rotatable bonds is 1. The van der Waals surface area contributed by atoms with Crippen molar-refractivity contribution in [3.63, 3.8) is 0 Å². The van der Waals surface area contributed by atoms with Crippen LogP contribution in [0.2, 0.25) is 0 Å². The Kier molecular flexibility index (Phi) is 4.33. The molecule has 0 aliphatic heterocycles. The second-order valence-corrected chi connectivity index (χ2v) is 3.53. The number of benzene rings is 1. The van der Waals surface area contributed by atoms with E-state index in [9.17, 15) is 8.42 Å². The molecule has 0 saturated heterocycles. The van der Waals surface area contributed by atoms with Gasteiger partial charge in [0.25, 0.3) is 10.1 Å². The first-order chi connectivity index (χ1) is 5.54. The van der Waals surface area contributed by atoms with Gasteiger partial charge in [0.2, 0.25) is 0 Å². The number of nitrogens with zero attached hydrogens (tertiary/aromatic N) is 1. The van der Waals surface area contributed by atoms with Gasteiger partial charge >= 0.3 is 0 Å². The first-order valence-electron chi connectivity index (χ1n) is 3.02. The Bertz CT molecular complexity index is 418. The van der Waals surface area contributed by atoms with Gasteiger partial charge in [0.1, 0.15) is 0 Å². The Morgan fingerprint density at radius 3 is 2.00 bits per heavy atom. The third-order valence-corrected chi connectivity index (χ3v) is 2.15. The molecule has 0 saturated carbocycles. The van der Waals surface area contributed by atoms with Gasteiger partial charge in [0.15, 0.2) is 0 Å². The van der Waals surface area contributed by atoms with Crippen LogP contribution in [0.5, 0.6) is 0 Å². The fourth-order valence-corrected chi connectivity index (χ4v) is 1.18. The van der Waals surface area contributed by atoms with E-state index in [1.165, 1.54) is 24.3 Å². The molecule has 1 aromatic rings. The van der Waals surface area contributed by atoms with E-state index >= 15 is 0 Å². The van der Waals surface area contributed by atoms with Crippen molar-refractivity contribution >= 4 is 10.1 Å². The molecule has 0 heterocycles. The van der Waals surface area contributed by atoms with E-state index in [4.69, 9.17) is 9.81 Å². The fraction of sp³-hybridized carbons (Fsp3) is 0. The molecule has 1 N–H and O–H groups in total. The maximum absolute atomic E-state index is 10.5. The van der Waals surface area contributed by atoms with Crippen LogP contribution in [0, 0.1) is 11.3 Å². The molecule has 0 amide bonds. The van der Waals surface area contributed by atoms with Crippen molar-refractivity contribution < 1.29 is 35.4 Å². The van der Waals surface area contributed by atoms with Crippen molar-refractivity contribution in [1.82, 2.24) is 0 Å². The molecule has 6 heteroatoms. The molecule has 0 fully saturated rings. The smallest absolute Gasteiger partial charge is 0.282 e. The van der Waals surface area contributed by atoms with Crippen LogP contribution in [0.25, 0.3) is 0 Å². The zero-order chi connectivity index (χ0) is 9.19. The third-order valence-electron chi connectivity index (χ3n) is 1.28. The molecule has 0 aliphatic rings. The fourth-order valence-electron chi connectivity index (χ4n) is 0.701. The molecule has 0 bridgehead atoms. The molecule has 0 atom stereocenters. The molecule has 1 aromatic carbocycles. The quantitative estimate of drug-likeness (QED) is 0.613. The van der Waals surface area contributed by atoms with E-state index in [1.807, 2.05) is 6.07 Å². The monoisotopic (exact) mass is 290 g/mol. The van der Waals surface area contributed by atoms with E-state index < -0.39 is 10.1 Å². The molecule has 4 nitrogen and oxygen atoms in total. The topological polar surface area (TPSA) is 78.2 Å². The SMILES string of the molecule is N#Cc1ccc(S(=O)(=O)O)cc1.[Ag]. The Morgan fingerprint density at radius 1 is 1.23 bits per heavy atom. The van der Waals surface area contributed by atoms with Gasteiger partial charge in [0.05, 0.1) is 16.5 Å². The van der Waals surface area contributed by atoms with Crippen LogP contribution in [-0.4, -0.2) is 13.0 Å². The summed E-state index contributed by atoms with van der Waals surface area (Å²) in [7, 11) is -4.14. The van der Waals surface area contributed by atoms with Gasteiger partial charge in [-0.15, -0.1) is 0 Å². The van der Waals surface area contributed by atoms with E-state index in [0.717, 1.165) is 0 Å². The average molecular weight is 291 g/mol. The minimum absolute atomic E-state index is 0. The summed E-state index contributed by atoms with van der Waals surface area (Å²) in [6.45, 7) is 0. The van der Waals surface area contributed by atoms with Gasteiger partial charge in [0, 0.05) is 22.4 Å². The molecule has 0 aliphatic carbocycles. The van der Waals surface area contributed by atoms with Crippen LogP contribution in [0.4, 0.5) is 0 Å². The van der Waals surface area contributed by atoms with Crippen molar-refractivity contribution in [2.45, 2.75) is 4.90 Å². The second-order valence-electron chi connectivity index (χ2n) is 2.11. The Morgan fingerprint density at radius 2 is 1.69 bits per heavy atom. The van der Waals surface area contributed by atoms with Crippen molar-refractivity contribution in [1.29, 1.82) is 5.26 Å². The van der Waals surface area contributed by atoms with Crippen molar-refractivity contribution in [3.8, 4) is 6.07 Å². The summed E-state index contributed by atoms with van der Waals surface area (Å²) in [5.41, 5.74) is 0.349. The molecule has 13 heavy (non-hydrogen) atoms. The molecule has 1 rings (SSSR count). The molecule has 0 aromatic heterocycles. The van der Waals surface area contributed by atoms with Crippen molar-refractivity contribution in [2.24, 2.45) is 0 Å². The first-order valence-corrected chi connectivity index (χ1v) is 4.46. The van der Waals surface area contributed by atoms with Crippen molar-refractivity contribution in [2.75, 3.05) is 0 Å². The number of hydrogen-bond donors (Lipinski definition) is 1. The Balaban J connectivity index is 0.00000144. The standard InChI is InChI=1S/C7H5NO3S.Ag/c8-5-6-1-3-7(4-2-6)12(9,10)11;/h1-4H,(H,9,10,11);. The van der Waals surface area contributed by atoms with Crippen LogP contribution in [0.1, 0.15) is 5.56 Å². The third kappa shape index (κ3) is 3.30. The van der Waals surface area contributed by atoms with Crippen LogP contribution < -0.4 is 0 Å². The van der Waals surface area contributed by atoms with Gasteiger partial charge in [-0.3, -0.25) is 4.55 Å². The Hall–Kier alpha value is -0.640. The molecular weight excluding hydrogens is 286 g/mol. The molecular formula is C7H5AgNO3S. The van der Waals surface area contributed by atoms with E-state index in [-0.39, 0.29) is 27.3 Å². The summed E-state index contributed by atoms with van der Waals surface area (Å²) >= 11 is 0. The van der Waals surface area contributed by atoms with E-state index in [2.05, 4.69) is 0 Å². The summed E-state index contributed by atoms with van der Waals surface area (Å²) < 4.78 is 29.6. The van der Waals surface area contributed by atoms with Crippen LogP contribution in [0.15, 0.2) is 29.2 Å². The number of hydrogen-bond acceptors (Lipinski definition) is 3. The predicted octanol–water partition coefficient (Wildman–Crippen LogP) is 0.802. The van der Waals surface area contributed by atoms with Crippen LogP contribution >= 0.6 is 0 Å². The zero-order valence-electron chi connectivity index (χ0n) is 6.23. The van der Waals surface area contributed by atoms with Crippen LogP contribution in [-0.2, 0) is 32.5 Å². The summed E-state index contributed by atoms with van der Waals surface area (Å²) in [6.07, 6.45) is 0. The summed E-state index contributed by atoms with van der Waals surface area (Å²) in [5, 5.41) is 8.37. The van der Waals surface area contributed by atoms with E-state index in [1.54, 1.807) is 0 Å². The minimum Gasteiger partial charge on any atom is -0.282 e. The molecule has 0 unspecified atom stereocenters. The van der Waals surface area contributed by atoms with Crippen molar-refractivity contribution in [3.05, 3.63) is 29.8 Å². The van der Waals surface area contributed by atoms with Crippen LogP contribution in [0.3, 0.4) is 0 Å². The van der Waals surface area contributed by atoms with Gasteiger partial charge in [-0.2, -0.15) is 13.7 Å². The Labute approximate surface area is 91.5 Å². The second kappa shape index (κ2) is 4.56. The molecule has 1 radical (unpaired) electrons. The first kappa shape index (κ1) is 12.4. The zero-order valence-corrected chi connectivity index (χ0v) is 8.53. The number of nitriles is 1. The van der Waals surface area contributed by atoms with Gasteiger partial charge in [-0.05, 0) is 24.3 Å². The molecule has 0 spiro atoms. The minimum atomic E-state index is -4.14.